The van der Waals surface area contributed by atoms with Crippen LogP contribution in [0.1, 0.15) is 21.5 Å². The average Bonchev–Trinajstić information content (AvgIpc) is 2.79. The van der Waals surface area contributed by atoms with Crippen molar-refractivity contribution >= 4 is 50.6 Å². The Kier molecular flexibility index (Phi) is 8.46. The number of ether oxygens (including phenoxy) is 3. The minimum atomic E-state index is -0.360. The number of hydrazone groups is 1. The number of hydrogen-bond donors (Lipinski definition) is 1. The number of rotatable bonds is 8. The third-order valence-corrected chi connectivity index (χ3v) is 5.82. The van der Waals surface area contributed by atoms with Crippen molar-refractivity contribution in [3.63, 3.8) is 0 Å². The molecule has 0 unspecified atom stereocenters. The Morgan fingerprint density at radius 2 is 1.81 bits per heavy atom. The second-order valence-corrected chi connectivity index (χ2v) is 8.51. The van der Waals surface area contributed by atoms with Gasteiger partial charge in [-0.15, -0.1) is 0 Å². The number of nitrogens with zero attached hydrogens (tertiary/aromatic N) is 1. The third-order valence-electron chi connectivity index (χ3n) is 4.34. The molecule has 1 amide bonds. The second kappa shape index (κ2) is 11.3. The molecule has 1 N–H and O–H groups in total. The molecule has 0 radical (unpaired) electrons. The average molecular weight is 613 g/mol. The van der Waals surface area contributed by atoms with Gasteiger partial charge in [-0.1, -0.05) is 12.1 Å². The molecular weight excluding hydrogens is 594 g/mol. The minimum absolute atomic E-state index is 0.248. The molecule has 0 atom stereocenters. The molecule has 0 spiro atoms. The number of methoxy groups -OCH3 is 2. The summed E-state index contributed by atoms with van der Waals surface area (Å²) in [5, 5.41) is 4.02. The highest BCUT2D eigenvalue weighted by molar-refractivity contribution is 14.1. The number of carbonyl (C=O) groups is 1. The van der Waals surface area contributed by atoms with Crippen LogP contribution in [0, 0.1) is 9.39 Å². The van der Waals surface area contributed by atoms with E-state index in [1.807, 2.05) is 0 Å². The van der Waals surface area contributed by atoms with E-state index >= 15 is 0 Å². The molecule has 32 heavy (non-hydrogen) atoms. The molecule has 0 aliphatic rings. The molecule has 0 fully saturated rings. The third kappa shape index (κ3) is 6.19. The van der Waals surface area contributed by atoms with Crippen molar-refractivity contribution in [2.24, 2.45) is 5.10 Å². The zero-order valence-corrected chi connectivity index (χ0v) is 20.9. The zero-order valence-electron chi connectivity index (χ0n) is 17.2. The summed E-state index contributed by atoms with van der Waals surface area (Å²) in [6.45, 7) is 0.248. The molecule has 6 nitrogen and oxygen atoms in total. The molecule has 0 aromatic heterocycles. The predicted octanol–water partition coefficient (Wildman–Crippen LogP) is 5.55. The van der Waals surface area contributed by atoms with E-state index in [-0.39, 0.29) is 18.3 Å². The fourth-order valence-corrected chi connectivity index (χ4v) is 3.85. The first-order chi connectivity index (χ1) is 15.4. The van der Waals surface area contributed by atoms with Crippen molar-refractivity contribution in [3.05, 3.63) is 85.1 Å². The lowest BCUT2D eigenvalue weighted by atomic mass is 10.2. The highest BCUT2D eigenvalue weighted by Gasteiger charge is 2.12. The van der Waals surface area contributed by atoms with Crippen LogP contribution in [0.3, 0.4) is 0 Å². The topological polar surface area (TPSA) is 69.2 Å². The van der Waals surface area contributed by atoms with E-state index in [0.29, 0.717) is 32.8 Å². The number of carbonyl (C=O) groups excluding carboxylic acids is 1. The van der Waals surface area contributed by atoms with Gasteiger partial charge in [0.05, 0.1) is 28.5 Å². The summed E-state index contributed by atoms with van der Waals surface area (Å²) in [6, 6.07) is 14.7. The van der Waals surface area contributed by atoms with Gasteiger partial charge in [0.2, 0.25) is 0 Å². The molecule has 3 aromatic carbocycles. The molecule has 0 heterocycles. The van der Waals surface area contributed by atoms with Gasteiger partial charge in [-0.3, -0.25) is 4.79 Å². The lowest BCUT2D eigenvalue weighted by molar-refractivity contribution is 0.0954. The maximum Gasteiger partial charge on any atom is 0.271 e. The van der Waals surface area contributed by atoms with Gasteiger partial charge in [-0.05, 0) is 92.1 Å². The first-order valence-corrected chi connectivity index (χ1v) is 11.2. The molecule has 0 bridgehead atoms. The summed E-state index contributed by atoms with van der Waals surface area (Å²) < 4.78 is 31.1. The Morgan fingerprint density at radius 3 is 2.50 bits per heavy atom. The number of hydrogen-bond acceptors (Lipinski definition) is 5. The summed E-state index contributed by atoms with van der Waals surface area (Å²) in [5.41, 5.74) is 4.43. The molecule has 0 aliphatic carbocycles. The van der Waals surface area contributed by atoms with Gasteiger partial charge in [-0.2, -0.15) is 5.10 Å². The molecular formula is C23H19BrFIN2O4. The molecule has 9 heteroatoms. The Hall–Kier alpha value is -2.66. The van der Waals surface area contributed by atoms with Crippen molar-refractivity contribution in [3.8, 4) is 17.2 Å². The van der Waals surface area contributed by atoms with Crippen LogP contribution < -0.4 is 19.6 Å². The van der Waals surface area contributed by atoms with Crippen LogP contribution in [0.2, 0.25) is 0 Å². The van der Waals surface area contributed by atoms with E-state index < -0.39 is 0 Å². The summed E-state index contributed by atoms with van der Waals surface area (Å²) in [4.78, 5) is 12.3. The Bertz CT molecular complexity index is 1140. The van der Waals surface area contributed by atoms with Crippen molar-refractivity contribution in [1.29, 1.82) is 0 Å². The lowest BCUT2D eigenvalue weighted by Crippen LogP contribution is -2.17. The van der Waals surface area contributed by atoms with Crippen LogP contribution in [0.5, 0.6) is 17.2 Å². The first kappa shape index (κ1) is 24.0. The maximum absolute atomic E-state index is 13.1. The number of amides is 1. The normalized spacial score (nSPS) is 10.8. The highest BCUT2D eigenvalue weighted by Crippen LogP contribution is 2.36. The predicted molar refractivity (Wildman–Crippen MR) is 132 cm³/mol. The van der Waals surface area contributed by atoms with Crippen LogP contribution in [0.15, 0.2) is 64.2 Å². The lowest BCUT2D eigenvalue weighted by Gasteiger charge is -2.13. The monoisotopic (exact) mass is 612 g/mol. The SMILES string of the molecule is COc1cc(C(=O)N/N=C\c2cc(Br)c(OCc3ccc(F)cc3)c(OC)c2)ccc1I. The fourth-order valence-electron chi connectivity index (χ4n) is 2.72. The maximum atomic E-state index is 13.1. The van der Waals surface area contributed by atoms with Gasteiger partial charge in [0.15, 0.2) is 11.5 Å². The number of benzene rings is 3. The van der Waals surface area contributed by atoms with E-state index in [0.717, 1.165) is 9.13 Å². The standard InChI is InChI=1S/C23H19BrFIN2O4/c1-30-20-11-16(5-8-19(20)26)23(29)28-27-12-15-9-18(24)22(21(10-15)31-2)32-13-14-3-6-17(25)7-4-14/h3-12H,13H2,1-2H3,(H,28,29)/b27-12-. The highest BCUT2D eigenvalue weighted by atomic mass is 127. The molecule has 3 aromatic rings. The molecule has 0 saturated carbocycles. The second-order valence-electron chi connectivity index (χ2n) is 6.50. The molecule has 0 aliphatic heterocycles. The van der Waals surface area contributed by atoms with Crippen molar-refractivity contribution in [2.45, 2.75) is 6.61 Å². The number of halogens is 3. The quantitative estimate of drug-likeness (QED) is 0.206. The number of nitrogens with one attached hydrogen (secondary N) is 1. The first-order valence-electron chi connectivity index (χ1n) is 9.33. The van der Waals surface area contributed by atoms with Gasteiger partial charge in [0.25, 0.3) is 5.91 Å². The van der Waals surface area contributed by atoms with E-state index in [2.05, 4.69) is 49.0 Å². The summed E-state index contributed by atoms with van der Waals surface area (Å²) in [6.07, 6.45) is 1.50. The van der Waals surface area contributed by atoms with Gasteiger partial charge >= 0.3 is 0 Å². The Balaban J connectivity index is 1.69. The van der Waals surface area contributed by atoms with E-state index in [1.165, 1.54) is 25.5 Å². The zero-order chi connectivity index (χ0) is 23.1. The van der Waals surface area contributed by atoms with E-state index in [1.54, 1.807) is 49.6 Å². The van der Waals surface area contributed by atoms with Crippen molar-refractivity contribution in [1.82, 2.24) is 5.43 Å². The van der Waals surface area contributed by atoms with Crippen LogP contribution in [-0.2, 0) is 6.61 Å². The summed E-state index contributed by atoms with van der Waals surface area (Å²) >= 11 is 5.61. The largest absolute Gasteiger partial charge is 0.496 e. The Labute approximate surface area is 207 Å². The van der Waals surface area contributed by atoms with Crippen molar-refractivity contribution in [2.75, 3.05) is 14.2 Å². The van der Waals surface area contributed by atoms with Crippen LogP contribution in [0.4, 0.5) is 4.39 Å². The summed E-state index contributed by atoms with van der Waals surface area (Å²) in [5.74, 6) is 0.943. The van der Waals surface area contributed by atoms with E-state index in [4.69, 9.17) is 14.2 Å². The smallest absolute Gasteiger partial charge is 0.271 e. The molecule has 166 valence electrons. The van der Waals surface area contributed by atoms with Gasteiger partial charge in [0, 0.05) is 5.56 Å². The fraction of sp³-hybridized carbons (Fsp3) is 0.130. The summed E-state index contributed by atoms with van der Waals surface area (Å²) in [7, 11) is 3.08. The Morgan fingerprint density at radius 1 is 1.09 bits per heavy atom. The minimum Gasteiger partial charge on any atom is -0.496 e. The molecule has 0 saturated heterocycles. The van der Waals surface area contributed by atoms with Crippen molar-refractivity contribution < 1.29 is 23.4 Å². The van der Waals surface area contributed by atoms with Crippen LogP contribution >= 0.6 is 38.5 Å². The van der Waals surface area contributed by atoms with Gasteiger partial charge in [-0.25, -0.2) is 9.82 Å². The van der Waals surface area contributed by atoms with Crippen LogP contribution in [0.25, 0.3) is 0 Å². The van der Waals surface area contributed by atoms with E-state index in [9.17, 15) is 9.18 Å². The van der Waals surface area contributed by atoms with Gasteiger partial charge < -0.3 is 14.2 Å². The molecule has 3 rings (SSSR count). The van der Waals surface area contributed by atoms with Crippen LogP contribution in [-0.4, -0.2) is 26.3 Å². The van der Waals surface area contributed by atoms with Gasteiger partial charge in [0.1, 0.15) is 18.2 Å².